The highest BCUT2D eigenvalue weighted by atomic mass is 19.1. The zero-order valence-electron chi connectivity index (χ0n) is 16.5. The summed E-state index contributed by atoms with van der Waals surface area (Å²) in [6, 6.07) is 13.1. The van der Waals surface area contributed by atoms with Crippen LogP contribution in [0.15, 0.2) is 60.2 Å². The molecule has 152 valence electrons. The van der Waals surface area contributed by atoms with Crippen molar-refractivity contribution in [3.8, 4) is 0 Å². The first kappa shape index (κ1) is 20.8. The second-order valence-corrected chi connectivity index (χ2v) is 7.29. The lowest BCUT2D eigenvalue weighted by Crippen LogP contribution is -2.27. The maximum absolute atomic E-state index is 13.6. The van der Waals surface area contributed by atoms with E-state index in [9.17, 15) is 14.0 Å². The van der Waals surface area contributed by atoms with Crippen molar-refractivity contribution in [1.29, 1.82) is 0 Å². The van der Waals surface area contributed by atoms with Gasteiger partial charge in [-0.05, 0) is 74.4 Å². The van der Waals surface area contributed by atoms with Gasteiger partial charge in [-0.3, -0.25) is 9.59 Å². The topological polar surface area (TPSA) is 58.2 Å². The standard InChI is InChI=1S/C24H27FN2O2/c25-22-9-5-4-8-19(22)15-17-27-24(29)21-12-10-20(11-13-21)23(28)26-16-14-18-6-2-1-3-7-18/h4-6,8-13H,1-3,7,14-17H2,(H,26,28)(H,27,29). The molecule has 3 rings (SSSR count). The summed E-state index contributed by atoms with van der Waals surface area (Å²) in [4.78, 5) is 24.5. The first-order valence-electron chi connectivity index (χ1n) is 10.2. The quantitative estimate of drug-likeness (QED) is 0.651. The van der Waals surface area contributed by atoms with Gasteiger partial charge in [-0.15, -0.1) is 0 Å². The number of hydrogen-bond donors (Lipinski definition) is 2. The molecule has 2 N–H and O–H groups in total. The number of nitrogens with one attached hydrogen (secondary N) is 2. The molecule has 0 aliphatic heterocycles. The second kappa shape index (κ2) is 10.6. The molecule has 4 nitrogen and oxygen atoms in total. The molecule has 0 spiro atoms. The Balaban J connectivity index is 1.43. The number of carbonyl (C=O) groups is 2. The van der Waals surface area contributed by atoms with E-state index >= 15 is 0 Å². The Kier molecular flexibility index (Phi) is 7.56. The Morgan fingerprint density at radius 3 is 2.03 bits per heavy atom. The summed E-state index contributed by atoms with van der Waals surface area (Å²) in [5.41, 5.74) is 3.01. The molecule has 0 radical (unpaired) electrons. The Morgan fingerprint density at radius 2 is 1.45 bits per heavy atom. The van der Waals surface area contributed by atoms with E-state index in [0.29, 0.717) is 36.2 Å². The molecule has 0 bridgehead atoms. The van der Waals surface area contributed by atoms with Crippen LogP contribution in [0.2, 0.25) is 0 Å². The minimum Gasteiger partial charge on any atom is -0.352 e. The Labute approximate surface area is 171 Å². The van der Waals surface area contributed by atoms with Crippen molar-refractivity contribution in [2.24, 2.45) is 0 Å². The molecule has 0 saturated carbocycles. The van der Waals surface area contributed by atoms with Gasteiger partial charge in [0.15, 0.2) is 0 Å². The van der Waals surface area contributed by atoms with Gasteiger partial charge < -0.3 is 10.6 Å². The van der Waals surface area contributed by atoms with E-state index < -0.39 is 0 Å². The second-order valence-electron chi connectivity index (χ2n) is 7.29. The van der Waals surface area contributed by atoms with E-state index in [1.807, 2.05) is 0 Å². The molecule has 0 heterocycles. The van der Waals surface area contributed by atoms with Gasteiger partial charge in [0.05, 0.1) is 0 Å². The third-order valence-corrected chi connectivity index (χ3v) is 5.16. The van der Waals surface area contributed by atoms with Crippen LogP contribution >= 0.6 is 0 Å². The van der Waals surface area contributed by atoms with Gasteiger partial charge in [-0.1, -0.05) is 29.8 Å². The van der Waals surface area contributed by atoms with Gasteiger partial charge in [0.1, 0.15) is 5.82 Å². The predicted molar refractivity (Wildman–Crippen MR) is 112 cm³/mol. The fraction of sp³-hybridized carbons (Fsp3) is 0.333. The molecule has 0 saturated heterocycles. The van der Waals surface area contributed by atoms with Crippen molar-refractivity contribution < 1.29 is 14.0 Å². The molecular weight excluding hydrogens is 367 g/mol. The van der Waals surface area contributed by atoms with Gasteiger partial charge in [0.25, 0.3) is 11.8 Å². The van der Waals surface area contributed by atoms with E-state index in [4.69, 9.17) is 0 Å². The predicted octanol–water partition coefficient (Wildman–Crippen LogP) is 4.42. The average molecular weight is 394 g/mol. The van der Waals surface area contributed by atoms with Crippen molar-refractivity contribution in [2.45, 2.75) is 38.5 Å². The van der Waals surface area contributed by atoms with Crippen molar-refractivity contribution in [1.82, 2.24) is 10.6 Å². The third kappa shape index (κ3) is 6.28. The van der Waals surface area contributed by atoms with E-state index in [0.717, 1.165) is 19.3 Å². The van der Waals surface area contributed by atoms with E-state index in [2.05, 4.69) is 16.7 Å². The molecule has 2 amide bonds. The van der Waals surface area contributed by atoms with Gasteiger partial charge in [0.2, 0.25) is 0 Å². The van der Waals surface area contributed by atoms with Crippen molar-refractivity contribution in [3.63, 3.8) is 0 Å². The van der Waals surface area contributed by atoms with Crippen LogP contribution in [0.3, 0.4) is 0 Å². The number of allylic oxidation sites excluding steroid dienone is 1. The third-order valence-electron chi connectivity index (χ3n) is 5.16. The van der Waals surface area contributed by atoms with Gasteiger partial charge >= 0.3 is 0 Å². The number of amides is 2. The van der Waals surface area contributed by atoms with Crippen molar-refractivity contribution >= 4 is 11.8 Å². The molecule has 5 heteroatoms. The summed E-state index contributed by atoms with van der Waals surface area (Å²) in [6.45, 7) is 0.973. The monoisotopic (exact) mass is 394 g/mol. The first-order valence-corrected chi connectivity index (χ1v) is 10.2. The molecule has 29 heavy (non-hydrogen) atoms. The Morgan fingerprint density at radius 1 is 0.828 bits per heavy atom. The first-order chi connectivity index (χ1) is 14.1. The highest BCUT2D eigenvalue weighted by Crippen LogP contribution is 2.19. The number of hydrogen-bond acceptors (Lipinski definition) is 2. The maximum Gasteiger partial charge on any atom is 0.251 e. The summed E-state index contributed by atoms with van der Waals surface area (Å²) >= 11 is 0. The van der Waals surface area contributed by atoms with Gasteiger partial charge in [0, 0.05) is 24.2 Å². The molecule has 2 aromatic carbocycles. The smallest absolute Gasteiger partial charge is 0.251 e. The maximum atomic E-state index is 13.6. The highest BCUT2D eigenvalue weighted by Gasteiger charge is 2.10. The fourth-order valence-corrected chi connectivity index (χ4v) is 3.46. The SMILES string of the molecule is O=C(NCCC1=CCCCC1)c1ccc(C(=O)NCCc2ccccc2F)cc1. The highest BCUT2D eigenvalue weighted by molar-refractivity contribution is 5.97. The molecule has 1 aliphatic rings. The van der Waals surface area contributed by atoms with Crippen LogP contribution in [0.4, 0.5) is 4.39 Å². The van der Waals surface area contributed by atoms with Crippen LogP contribution < -0.4 is 10.6 Å². The lowest BCUT2D eigenvalue weighted by molar-refractivity contribution is 0.0942. The fourth-order valence-electron chi connectivity index (χ4n) is 3.46. The molecular formula is C24H27FN2O2. The normalized spacial score (nSPS) is 13.5. The lowest BCUT2D eigenvalue weighted by Gasteiger charge is -2.13. The van der Waals surface area contributed by atoms with Crippen molar-refractivity contribution in [3.05, 3.63) is 82.7 Å². The number of carbonyl (C=O) groups excluding carboxylic acids is 2. The lowest BCUT2D eigenvalue weighted by atomic mass is 9.97. The Bertz CT molecular complexity index is 875. The minimum atomic E-state index is -0.267. The minimum absolute atomic E-state index is 0.132. The average Bonchev–Trinajstić information content (AvgIpc) is 2.76. The largest absolute Gasteiger partial charge is 0.352 e. The van der Waals surface area contributed by atoms with Crippen LogP contribution in [0.5, 0.6) is 0 Å². The van der Waals surface area contributed by atoms with E-state index in [-0.39, 0.29) is 17.6 Å². The summed E-state index contributed by atoms with van der Waals surface area (Å²) in [5, 5.41) is 5.72. The molecule has 0 fully saturated rings. The number of benzene rings is 2. The number of halogens is 1. The van der Waals surface area contributed by atoms with Crippen LogP contribution in [-0.4, -0.2) is 24.9 Å². The van der Waals surface area contributed by atoms with E-state index in [1.165, 1.54) is 24.5 Å². The van der Waals surface area contributed by atoms with Crippen LogP contribution in [-0.2, 0) is 6.42 Å². The van der Waals surface area contributed by atoms with Crippen LogP contribution in [0.25, 0.3) is 0 Å². The van der Waals surface area contributed by atoms with Crippen LogP contribution in [0.1, 0.15) is 58.4 Å². The molecule has 0 aromatic heterocycles. The molecule has 2 aromatic rings. The zero-order valence-corrected chi connectivity index (χ0v) is 16.5. The summed E-state index contributed by atoms with van der Waals surface area (Å²) in [7, 11) is 0. The molecule has 0 unspecified atom stereocenters. The van der Waals surface area contributed by atoms with E-state index in [1.54, 1.807) is 42.5 Å². The van der Waals surface area contributed by atoms with Gasteiger partial charge in [-0.25, -0.2) is 4.39 Å². The molecule has 0 atom stereocenters. The Hall–Kier alpha value is -2.95. The number of rotatable bonds is 8. The summed E-state index contributed by atoms with van der Waals surface area (Å²) in [6.07, 6.45) is 8.39. The van der Waals surface area contributed by atoms with Gasteiger partial charge in [-0.2, -0.15) is 0 Å². The summed E-state index contributed by atoms with van der Waals surface area (Å²) < 4.78 is 13.6. The summed E-state index contributed by atoms with van der Waals surface area (Å²) in [5.74, 6) is -0.637. The zero-order chi connectivity index (χ0) is 20.5. The molecule has 1 aliphatic carbocycles. The van der Waals surface area contributed by atoms with Crippen molar-refractivity contribution in [2.75, 3.05) is 13.1 Å². The van der Waals surface area contributed by atoms with Crippen LogP contribution in [0, 0.1) is 5.82 Å².